The Labute approximate surface area is 113 Å². The van der Waals surface area contributed by atoms with Gasteiger partial charge in [-0.2, -0.15) is 0 Å². The van der Waals surface area contributed by atoms with Gasteiger partial charge in [-0.05, 0) is 28.7 Å². The summed E-state index contributed by atoms with van der Waals surface area (Å²) in [4.78, 5) is 0. The highest BCUT2D eigenvalue weighted by atomic mass is 14.2. The second kappa shape index (κ2) is 8.52. The lowest BCUT2D eigenvalue weighted by Crippen LogP contribution is -1.77. The van der Waals surface area contributed by atoms with Crippen LogP contribution in [0.15, 0.2) is 48.5 Å². The van der Waals surface area contributed by atoms with Crippen LogP contribution in [0.1, 0.15) is 46.2 Å². The molecule has 0 saturated heterocycles. The van der Waals surface area contributed by atoms with Gasteiger partial charge in [-0.3, -0.25) is 0 Å². The number of hydrogen-bond donors (Lipinski definition) is 0. The van der Waals surface area contributed by atoms with Crippen molar-refractivity contribution in [3.63, 3.8) is 0 Å². The molecule has 0 fully saturated rings. The molecular weight excluding hydrogens is 216 g/mol. The zero-order valence-corrected chi connectivity index (χ0v) is 11.3. The van der Waals surface area contributed by atoms with Gasteiger partial charge >= 0.3 is 0 Å². The van der Waals surface area contributed by atoms with Crippen LogP contribution in [0.25, 0.3) is 11.1 Å². The monoisotopic (exact) mass is 242 g/mol. The van der Waals surface area contributed by atoms with Crippen molar-refractivity contribution in [2.75, 3.05) is 0 Å². The second-order valence-corrected chi connectivity index (χ2v) is 3.49. The standard InChI is InChI=1S/C13H10.2C2H6.CH4/c1-3-7-12-10(5-1)9-11-6-2-4-8-13(11)12;2*1-2;/h1-8H,9H2;2*1-2H3;1H4. The van der Waals surface area contributed by atoms with Gasteiger partial charge in [0.15, 0.2) is 0 Å². The van der Waals surface area contributed by atoms with E-state index in [0.29, 0.717) is 0 Å². The summed E-state index contributed by atoms with van der Waals surface area (Å²) in [5.74, 6) is 0. The van der Waals surface area contributed by atoms with Crippen LogP contribution in [0.5, 0.6) is 0 Å². The molecule has 0 aromatic heterocycles. The van der Waals surface area contributed by atoms with Crippen molar-refractivity contribution in [3.8, 4) is 11.1 Å². The lowest BCUT2D eigenvalue weighted by atomic mass is 10.1. The topological polar surface area (TPSA) is 0 Å². The van der Waals surface area contributed by atoms with Crippen LogP contribution in [-0.4, -0.2) is 0 Å². The molecule has 0 radical (unpaired) electrons. The van der Waals surface area contributed by atoms with E-state index in [0.717, 1.165) is 6.42 Å². The van der Waals surface area contributed by atoms with Crippen molar-refractivity contribution in [2.24, 2.45) is 0 Å². The van der Waals surface area contributed by atoms with Crippen molar-refractivity contribution in [3.05, 3.63) is 59.7 Å². The van der Waals surface area contributed by atoms with Gasteiger partial charge in [-0.25, -0.2) is 0 Å². The van der Waals surface area contributed by atoms with Gasteiger partial charge in [-0.15, -0.1) is 0 Å². The number of rotatable bonds is 0. The third kappa shape index (κ3) is 3.22. The molecule has 0 heterocycles. The van der Waals surface area contributed by atoms with Gasteiger partial charge in [0.2, 0.25) is 0 Å². The first-order valence-corrected chi connectivity index (χ1v) is 6.61. The van der Waals surface area contributed by atoms with Crippen molar-refractivity contribution in [1.82, 2.24) is 0 Å². The molecule has 0 nitrogen and oxygen atoms in total. The van der Waals surface area contributed by atoms with E-state index < -0.39 is 0 Å². The van der Waals surface area contributed by atoms with Crippen LogP contribution < -0.4 is 0 Å². The highest BCUT2D eigenvalue weighted by Gasteiger charge is 2.15. The van der Waals surface area contributed by atoms with Crippen LogP contribution in [0.4, 0.5) is 0 Å². The first-order chi connectivity index (χ1) is 8.45. The van der Waals surface area contributed by atoms with Crippen LogP contribution in [-0.2, 0) is 6.42 Å². The maximum atomic E-state index is 2.22. The minimum Gasteiger partial charge on any atom is -0.0776 e. The molecule has 1 aliphatic rings. The Balaban J connectivity index is 0.000000531. The fraction of sp³-hybridized carbons (Fsp3) is 0.333. The van der Waals surface area contributed by atoms with Gasteiger partial charge in [0.05, 0.1) is 0 Å². The van der Waals surface area contributed by atoms with E-state index >= 15 is 0 Å². The quantitative estimate of drug-likeness (QED) is 0.457. The van der Waals surface area contributed by atoms with E-state index in [2.05, 4.69) is 48.5 Å². The predicted octanol–water partition coefficient (Wildman–Crippen LogP) is 5.95. The maximum Gasteiger partial charge on any atom is -0.00135 e. The SMILES string of the molecule is C.CC.CC.c1ccc2c(c1)Cc1ccccc1-2. The summed E-state index contributed by atoms with van der Waals surface area (Å²) in [6.45, 7) is 8.00. The summed E-state index contributed by atoms with van der Waals surface area (Å²) in [5, 5.41) is 0. The largest absolute Gasteiger partial charge is 0.0776 e. The molecule has 0 bridgehead atoms. The smallest absolute Gasteiger partial charge is 0.00135 e. The maximum absolute atomic E-state index is 2.22. The molecule has 18 heavy (non-hydrogen) atoms. The lowest BCUT2D eigenvalue weighted by molar-refractivity contribution is 1.26. The predicted molar refractivity (Wildman–Crippen MR) is 84.1 cm³/mol. The molecule has 3 rings (SSSR count). The molecule has 0 aliphatic heterocycles. The molecule has 2 aromatic carbocycles. The summed E-state index contributed by atoms with van der Waals surface area (Å²) < 4.78 is 0. The Kier molecular flexibility index (Phi) is 7.78. The molecule has 0 saturated carbocycles. The minimum atomic E-state index is 0. The molecule has 2 aromatic rings. The number of fused-ring (bicyclic) bond motifs is 3. The Bertz CT molecular complexity index is 412. The Morgan fingerprint density at radius 2 is 0.944 bits per heavy atom. The zero-order valence-electron chi connectivity index (χ0n) is 11.3. The van der Waals surface area contributed by atoms with E-state index in [4.69, 9.17) is 0 Å². The minimum absolute atomic E-state index is 0. The summed E-state index contributed by atoms with van der Waals surface area (Å²) in [5.41, 5.74) is 5.75. The van der Waals surface area contributed by atoms with Gasteiger partial charge < -0.3 is 0 Å². The average molecular weight is 242 g/mol. The fourth-order valence-corrected chi connectivity index (χ4v) is 2.08. The normalized spacial score (nSPS) is 9.56. The molecule has 1 aliphatic carbocycles. The average Bonchev–Trinajstić information content (AvgIpc) is 2.82. The van der Waals surface area contributed by atoms with Crippen molar-refractivity contribution in [1.29, 1.82) is 0 Å². The number of benzene rings is 2. The first kappa shape index (κ1) is 16.4. The van der Waals surface area contributed by atoms with Crippen LogP contribution >= 0.6 is 0 Å². The van der Waals surface area contributed by atoms with E-state index in [1.165, 1.54) is 22.3 Å². The Morgan fingerprint density at radius 1 is 0.611 bits per heavy atom. The molecule has 98 valence electrons. The lowest BCUT2D eigenvalue weighted by Gasteiger charge is -1.98. The summed E-state index contributed by atoms with van der Waals surface area (Å²) >= 11 is 0. The van der Waals surface area contributed by atoms with E-state index in [1.54, 1.807) is 0 Å². The zero-order chi connectivity index (χ0) is 12.7. The second-order valence-electron chi connectivity index (χ2n) is 3.49. The van der Waals surface area contributed by atoms with E-state index in [-0.39, 0.29) is 7.43 Å². The Morgan fingerprint density at radius 3 is 1.33 bits per heavy atom. The van der Waals surface area contributed by atoms with Gasteiger partial charge in [0, 0.05) is 0 Å². The molecule has 0 amide bonds. The van der Waals surface area contributed by atoms with Crippen LogP contribution in [0.3, 0.4) is 0 Å². The third-order valence-electron chi connectivity index (χ3n) is 2.71. The van der Waals surface area contributed by atoms with E-state index in [9.17, 15) is 0 Å². The molecule has 0 heteroatoms. The van der Waals surface area contributed by atoms with Gasteiger partial charge in [0.1, 0.15) is 0 Å². The highest BCUT2D eigenvalue weighted by Crippen LogP contribution is 2.35. The molecule has 0 spiro atoms. The fourth-order valence-electron chi connectivity index (χ4n) is 2.08. The molecular formula is C18H26. The van der Waals surface area contributed by atoms with Gasteiger partial charge in [0.25, 0.3) is 0 Å². The van der Waals surface area contributed by atoms with Crippen molar-refractivity contribution in [2.45, 2.75) is 41.5 Å². The van der Waals surface area contributed by atoms with Crippen molar-refractivity contribution < 1.29 is 0 Å². The summed E-state index contributed by atoms with van der Waals surface area (Å²) in [7, 11) is 0. The van der Waals surface area contributed by atoms with E-state index in [1.807, 2.05) is 27.7 Å². The molecule has 0 atom stereocenters. The molecule has 0 unspecified atom stereocenters. The number of hydrogen-bond acceptors (Lipinski definition) is 0. The first-order valence-electron chi connectivity index (χ1n) is 6.61. The highest BCUT2D eigenvalue weighted by molar-refractivity contribution is 5.76. The van der Waals surface area contributed by atoms with Crippen LogP contribution in [0, 0.1) is 0 Å². The molecule has 0 N–H and O–H groups in total. The Hall–Kier alpha value is -1.56. The third-order valence-corrected chi connectivity index (χ3v) is 2.71. The van der Waals surface area contributed by atoms with Gasteiger partial charge in [-0.1, -0.05) is 83.7 Å². The summed E-state index contributed by atoms with van der Waals surface area (Å²) in [6.07, 6.45) is 1.10. The summed E-state index contributed by atoms with van der Waals surface area (Å²) in [6, 6.07) is 17.3. The van der Waals surface area contributed by atoms with Crippen LogP contribution in [0.2, 0.25) is 0 Å². The van der Waals surface area contributed by atoms with Crippen molar-refractivity contribution >= 4 is 0 Å².